The van der Waals surface area contributed by atoms with Gasteiger partial charge in [-0.1, -0.05) is 25.0 Å². The van der Waals surface area contributed by atoms with Crippen molar-refractivity contribution in [3.05, 3.63) is 35.3 Å². The molecule has 0 saturated carbocycles. The number of furan rings is 1. The zero-order chi connectivity index (χ0) is 17.5. The van der Waals surface area contributed by atoms with Gasteiger partial charge in [0.1, 0.15) is 6.26 Å². The van der Waals surface area contributed by atoms with Gasteiger partial charge in [0.2, 0.25) is 0 Å². The van der Waals surface area contributed by atoms with E-state index < -0.39 is 11.4 Å². The maximum absolute atomic E-state index is 12.7. The molecule has 0 radical (unpaired) electrons. The molecule has 3 atom stereocenters. The number of aliphatic carboxylic acids is 1. The van der Waals surface area contributed by atoms with E-state index in [0.29, 0.717) is 24.3 Å². The van der Waals surface area contributed by atoms with Crippen molar-refractivity contribution in [1.82, 2.24) is 0 Å². The normalized spacial score (nSPS) is 33.2. The minimum atomic E-state index is -0.770. The number of ketones is 1. The van der Waals surface area contributed by atoms with Crippen LogP contribution in [0.2, 0.25) is 0 Å². The summed E-state index contributed by atoms with van der Waals surface area (Å²) in [7, 11) is 0. The van der Waals surface area contributed by atoms with Crippen molar-refractivity contribution in [2.75, 3.05) is 0 Å². The van der Waals surface area contributed by atoms with Crippen LogP contribution in [-0.2, 0) is 4.79 Å². The summed E-state index contributed by atoms with van der Waals surface area (Å²) in [6.07, 6.45) is 7.71. The van der Waals surface area contributed by atoms with Crippen LogP contribution in [-0.4, -0.2) is 16.9 Å². The zero-order valence-electron chi connectivity index (χ0n) is 14.7. The number of carbonyl (C=O) groups is 2. The Morgan fingerprint density at radius 3 is 2.67 bits per heavy atom. The van der Waals surface area contributed by atoms with E-state index in [-0.39, 0.29) is 11.2 Å². The van der Waals surface area contributed by atoms with Gasteiger partial charge >= 0.3 is 5.97 Å². The molecule has 1 aromatic heterocycles. The Bertz CT molecular complexity index is 685. The molecule has 0 fully saturated rings. The van der Waals surface area contributed by atoms with Crippen molar-refractivity contribution in [2.24, 2.45) is 16.7 Å². The van der Waals surface area contributed by atoms with Crippen LogP contribution in [0, 0.1) is 16.7 Å². The summed E-state index contributed by atoms with van der Waals surface area (Å²) in [6, 6.07) is 1.71. The topological polar surface area (TPSA) is 67.5 Å². The van der Waals surface area contributed by atoms with Crippen molar-refractivity contribution >= 4 is 11.8 Å². The average molecular weight is 330 g/mol. The van der Waals surface area contributed by atoms with Crippen LogP contribution in [0.3, 0.4) is 0 Å². The van der Waals surface area contributed by atoms with E-state index in [1.165, 1.54) is 18.1 Å². The monoisotopic (exact) mass is 330 g/mol. The van der Waals surface area contributed by atoms with Gasteiger partial charge in [0.15, 0.2) is 5.78 Å². The maximum atomic E-state index is 12.7. The third-order valence-corrected chi connectivity index (χ3v) is 6.58. The van der Waals surface area contributed by atoms with Gasteiger partial charge < -0.3 is 9.52 Å². The Kier molecular flexibility index (Phi) is 4.18. The second kappa shape index (κ2) is 5.91. The second-order valence-corrected chi connectivity index (χ2v) is 7.92. The van der Waals surface area contributed by atoms with E-state index in [4.69, 9.17) is 4.42 Å². The summed E-state index contributed by atoms with van der Waals surface area (Å²) in [5, 5.41) is 9.79. The number of carbonyl (C=O) groups excluding carboxylic acids is 1. The largest absolute Gasteiger partial charge is 0.481 e. The van der Waals surface area contributed by atoms with E-state index in [9.17, 15) is 14.7 Å². The molecule has 2 aliphatic carbocycles. The first-order valence-corrected chi connectivity index (χ1v) is 8.81. The van der Waals surface area contributed by atoms with Gasteiger partial charge in [0.05, 0.1) is 17.2 Å². The third-order valence-electron chi connectivity index (χ3n) is 6.58. The molecule has 4 heteroatoms. The SMILES string of the molecule is C[C@H]1CCC2=C(CCC[C@@]2(C)C(=O)O)[C@]1(C)CC(=O)c1ccoc1. The van der Waals surface area contributed by atoms with Gasteiger partial charge in [-0.15, -0.1) is 0 Å². The summed E-state index contributed by atoms with van der Waals surface area (Å²) in [5.41, 5.74) is 1.89. The highest BCUT2D eigenvalue weighted by atomic mass is 16.4. The Morgan fingerprint density at radius 1 is 1.29 bits per heavy atom. The van der Waals surface area contributed by atoms with Crippen molar-refractivity contribution in [1.29, 1.82) is 0 Å². The molecule has 0 aliphatic heterocycles. The van der Waals surface area contributed by atoms with Crippen LogP contribution in [0.1, 0.15) is 69.7 Å². The molecule has 2 aliphatic rings. The number of allylic oxidation sites excluding steroid dienone is 1. The molecule has 0 bridgehead atoms. The molecule has 0 aromatic carbocycles. The number of Topliss-reactive ketones (excluding diaryl/α,β-unsaturated/α-hetero) is 1. The van der Waals surface area contributed by atoms with Crippen LogP contribution in [0.5, 0.6) is 0 Å². The van der Waals surface area contributed by atoms with E-state index in [0.717, 1.165) is 31.3 Å². The van der Waals surface area contributed by atoms with Crippen LogP contribution < -0.4 is 0 Å². The van der Waals surface area contributed by atoms with Gasteiger partial charge in [0.25, 0.3) is 0 Å². The standard InChI is InChI=1S/C20H26O4/c1-13-6-7-16-15(5-4-9-19(16,2)18(22)23)20(13,3)11-17(21)14-8-10-24-12-14/h8,10,12-13H,4-7,9,11H2,1-3H3,(H,22,23)/t13-,19+,20+/m0/s1. The lowest BCUT2D eigenvalue weighted by Gasteiger charge is -2.49. The average Bonchev–Trinajstić information content (AvgIpc) is 3.06. The summed E-state index contributed by atoms with van der Waals surface area (Å²) in [4.78, 5) is 24.6. The van der Waals surface area contributed by atoms with Crippen molar-refractivity contribution in [3.8, 4) is 0 Å². The molecule has 24 heavy (non-hydrogen) atoms. The van der Waals surface area contributed by atoms with Gasteiger partial charge in [-0.3, -0.25) is 9.59 Å². The molecular formula is C20H26O4. The lowest BCUT2D eigenvalue weighted by molar-refractivity contribution is -0.146. The van der Waals surface area contributed by atoms with Crippen LogP contribution in [0.15, 0.2) is 34.2 Å². The van der Waals surface area contributed by atoms with E-state index in [1.807, 2.05) is 6.92 Å². The van der Waals surface area contributed by atoms with Gasteiger partial charge in [-0.25, -0.2) is 0 Å². The first-order chi connectivity index (χ1) is 11.3. The van der Waals surface area contributed by atoms with E-state index in [1.54, 1.807) is 6.07 Å². The molecule has 130 valence electrons. The fourth-order valence-electron chi connectivity index (χ4n) is 4.66. The number of hydrogen-bond acceptors (Lipinski definition) is 3. The fraction of sp³-hybridized carbons (Fsp3) is 0.600. The van der Waals surface area contributed by atoms with E-state index in [2.05, 4.69) is 13.8 Å². The lowest BCUT2D eigenvalue weighted by atomic mass is 9.55. The molecule has 1 heterocycles. The molecule has 4 nitrogen and oxygen atoms in total. The molecule has 3 rings (SSSR count). The van der Waals surface area contributed by atoms with E-state index >= 15 is 0 Å². The number of carboxylic acids is 1. The Hall–Kier alpha value is -1.84. The van der Waals surface area contributed by atoms with Crippen molar-refractivity contribution in [2.45, 2.75) is 59.3 Å². The molecule has 0 unspecified atom stereocenters. The van der Waals surface area contributed by atoms with Gasteiger partial charge in [-0.2, -0.15) is 0 Å². The van der Waals surface area contributed by atoms with Crippen LogP contribution >= 0.6 is 0 Å². The lowest BCUT2D eigenvalue weighted by Crippen LogP contribution is -2.42. The minimum absolute atomic E-state index is 0.0782. The minimum Gasteiger partial charge on any atom is -0.481 e. The van der Waals surface area contributed by atoms with Crippen molar-refractivity contribution in [3.63, 3.8) is 0 Å². The smallest absolute Gasteiger partial charge is 0.313 e. The summed E-state index contributed by atoms with van der Waals surface area (Å²) in [6.45, 7) is 6.20. The molecule has 0 amide bonds. The second-order valence-electron chi connectivity index (χ2n) is 7.92. The molecule has 1 N–H and O–H groups in total. The number of hydrogen-bond donors (Lipinski definition) is 1. The van der Waals surface area contributed by atoms with Crippen LogP contribution in [0.4, 0.5) is 0 Å². The molecule has 0 saturated heterocycles. The summed E-state index contributed by atoms with van der Waals surface area (Å²) in [5.74, 6) is -0.287. The number of rotatable bonds is 4. The predicted molar refractivity (Wildman–Crippen MR) is 90.8 cm³/mol. The summed E-state index contributed by atoms with van der Waals surface area (Å²) < 4.78 is 5.05. The summed E-state index contributed by atoms with van der Waals surface area (Å²) >= 11 is 0. The highest BCUT2D eigenvalue weighted by Crippen LogP contribution is 2.56. The highest BCUT2D eigenvalue weighted by Gasteiger charge is 2.49. The Labute approximate surface area is 142 Å². The Balaban J connectivity index is 2.01. The molecule has 1 aromatic rings. The molecular weight excluding hydrogens is 304 g/mol. The number of carboxylic acid groups (broad SMARTS) is 1. The predicted octanol–water partition coefficient (Wildman–Crippen LogP) is 4.86. The third kappa shape index (κ3) is 2.52. The Morgan fingerprint density at radius 2 is 2.04 bits per heavy atom. The zero-order valence-corrected chi connectivity index (χ0v) is 14.7. The molecule has 0 spiro atoms. The first-order valence-electron chi connectivity index (χ1n) is 8.81. The van der Waals surface area contributed by atoms with Crippen molar-refractivity contribution < 1.29 is 19.1 Å². The van der Waals surface area contributed by atoms with Gasteiger partial charge in [0, 0.05) is 6.42 Å². The first kappa shape index (κ1) is 17.0. The van der Waals surface area contributed by atoms with Gasteiger partial charge in [-0.05, 0) is 56.4 Å². The fourth-order valence-corrected chi connectivity index (χ4v) is 4.66. The highest BCUT2D eigenvalue weighted by molar-refractivity contribution is 5.96. The quantitative estimate of drug-likeness (QED) is 0.632. The van der Waals surface area contributed by atoms with Crippen LogP contribution in [0.25, 0.3) is 0 Å². The maximum Gasteiger partial charge on any atom is 0.313 e.